The van der Waals surface area contributed by atoms with E-state index < -0.39 is 10.0 Å². The maximum Gasteiger partial charge on any atom is 0.243 e. The van der Waals surface area contributed by atoms with Crippen LogP contribution >= 0.6 is 11.6 Å². The molecule has 7 heteroatoms. The molecule has 0 aromatic heterocycles. The van der Waals surface area contributed by atoms with Crippen LogP contribution in [0.25, 0.3) is 0 Å². The van der Waals surface area contributed by atoms with E-state index in [4.69, 9.17) is 21.1 Å². The molecule has 5 nitrogen and oxygen atoms in total. The van der Waals surface area contributed by atoms with Crippen LogP contribution in [0.1, 0.15) is 11.1 Å². The van der Waals surface area contributed by atoms with Crippen molar-refractivity contribution >= 4 is 21.6 Å². The fraction of sp³-hybridized carbons (Fsp3) is 0.294. The Hall–Kier alpha value is -1.76. The summed E-state index contributed by atoms with van der Waals surface area (Å²) < 4.78 is 37.2. The molecule has 2 aromatic carbocycles. The van der Waals surface area contributed by atoms with Gasteiger partial charge < -0.3 is 9.47 Å². The van der Waals surface area contributed by atoms with Gasteiger partial charge in [-0.1, -0.05) is 11.6 Å². The molecular formula is C17H20ClNO4S. The Kier molecular flexibility index (Phi) is 5.74. The third-order valence-electron chi connectivity index (χ3n) is 3.76. The first-order chi connectivity index (χ1) is 11.3. The van der Waals surface area contributed by atoms with Gasteiger partial charge in [-0.25, -0.2) is 8.42 Å². The molecule has 0 aliphatic heterocycles. The zero-order valence-electron chi connectivity index (χ0n) is 14.0. The number of rotatable bonds is 6. The molecule has 0 aliphatic rings. The average Bonchev–Trinajstić information content (AvgIpc) is 2.56. The van der Waals surface area contributed by atoms with Crippen molar-refractivity contribution in [2.24, 2.45) is 0 Å². The quantitative estimate of drug-likeness (QED) is 0.782. The molecule has 24 heavy (non-hydrogen) atoms. The Morgan fingerprint density at radius 2 is 1.58 bits per heavy atom. The van der Waals surface area contributed by atoms with Crippen LogP contribution in [-0.4, -0.2) is 34.0 Å². The predicted molar refractivity (Wildman–Crippen MR) is 94.4 cm³/mol. The molecule has 0 amide bonds. The molecule has 0 atom stereocenters. The molecule has 0 saturated heterocycles. The molecule has 0 bridgehead atoms. The standard InChI is InChI=1S/C17H20ClNO4S/c1-12-9-16(22-3)17(23-4)10-13(12)11-19(2)24(20,21)15-7-5-14(18)6-8-15/h5-10H,11H2,1-4H3. The first kappa shape index (κ1) is 18.6. The van der Waals surface area contributed by atoms with Crippen molar-refractivity contribution in [3.63, 3.8) is 0 Å². The summed E-state index contributed by atoms with van der Waals surface area (Å²) in [6.07, 6.45) is 0. The first-order valence-corrected chi connectivity index (χ1v) is 9.04. The summed E-state index contributed by atoms with van der Waals surface area (Å²) in [6.45, 7) is 2.12. The third-order valence-corrected chi connectivity index (χ3v) is 5.83. The number of benzene rings is 2. The molecular weight excluding hydrogens is 350 g/mol. The molecule has 0 aliphatic carbocycles. The third kappa shape index (κ3) is 3.83. The smallest absolute Gasteiger partial charge is 0.243 e. The van der Waals surface area contributed by atoms with Crippen LogP contribution in [0.5, 0.6) is 11.5 Å². The SMILES string of the molecule is COc1cc(C)c(CN(C)S(=O)(=O)c2ccc(Cl)cc2)cc1OC. The molecule has 2 rings (SSSR count). The lowest BCUT2D eigenvalue weighted by Crippen LogP contribution is -2.26. The van der Waals surface area contributed by atoms with E-state index in [-0.39, 0.29) is 11.4 Å². The van der Waals surface area contributed by atoms with E-state index in [0.717, 1.165) is 11.1 Å². The van der Waals surface area contributed by atoms with Crippen LogP contribution in [0.15, 0.2) is 41.3 Å². The van der Waals surface area contributed by atoms with Gasteiger partial charge in [-0.3, -0.25) is 0 Å². The van der Waals surface area contributed by atoms with Crippen LogP contribution in [-0.2, 0) is 16.6 Å². The highest BCUT2D eigenvalue weighted by atomic mass is 35.5. The average molecular weight is 370 g/mol. The largest absolute Gasteiger partial charge is 0.493 e. The molecule has 0 radical (unpaired) electrons. The number of aryl methyl sites for hydroxylation is 1. The zero-order chi connectivity index (χ0) is 17.9. The van der Waals surface area contributed by atoms with E-state index in [1.54, 1.807) is 39.5 Å². The summed E-state index contributed by atoms with van der Waals surface area (Å²) in [7, 11) is 1.05. The molecule has 0 spiro atoms. The number of ether oxygens (including phenoxy) is 2. The predicted octanol–water partition coefficient (Wildman–Crippen LogP) is 3.49. The van der Waals surface area contributed by atoms with Crippen LogP contribution in [0.2, 0.25) is 5.02 Å². The van der Waals surface area contributed by atoms with Gasteiger partial charge in [-0.15, -0.1) is 0 Å². The van der Waals surface area contributed by atoms with E-state index in [0.29, 0.717) is 16.5 Å². The van der Waals surface area contributed by atoms with Crippen molar-refractivity contribution in [3.05, 3.63) is 52.5 Å². The minimum atomic E-state index is -3.60. The lowest BCUT2D eigenvalue weighted by molar-refractivity contribution is 0.353. The number of halogens is 1. The summed E-state index contributed by atoms with van der Waals surface area (Å²) >= 11 is 5.82. The fourth-order valence-corrected chi connectivity index (χ4v) is 3.58. The number of hydrogen-bond acceptors (Lipinski definition) is 4. The van der Waals surface area contributed by atoms with Gasteiger partial charge in [0.2, 0.25) is 10.0 Å². The number of sulfonamides is 1. The zero-order valence-corrected chi connectivity index (χ0v) is 15.6. The summed E-state index contributed by atoms with van der Waals surface area (Å²) in [5.41, 5.74) is 1.76. The minimum Gasteiger partial charge on any atom is -0.493 e. The number of methoxy groups -OCH3 is 2. The summed E-state index contributed by atoms with van der Waals surface area (Å²) in [4.78, 5) is 0.201. The van der Waals surface area contributed by atoms with Gasteiger partial charge >= 0.3 is 0 Å². The Labute approximate surface area is 147 Å². The van der Waals surface area contributed by atoms with Gasteiger partial charge in [0.05, 0.1) is 19.1 Å². The van der Waals surface area contributed by atoms with E-state index in [2.05, 4.69) is 0 Å². The Bertz CT molecular complexity index is 819. The number of hydrogen-bond donors (Lipinski definition) is 0. The van der Waals surface area contributed by atoms with Gasteiger partial charge in [-0.2, -0.15) is 4.31 Å². The van der Waals surface area contributed by atoms with Crippen molar-refractivity contribution in [1.29, 1.82) is 0 Å². The molecule has 0 saturated carbocycles. The van der Waals surface area contributed by atoms with Gasteiger partial charge in [0, 0.05) is 18.6 Å². The summed E-state index contributed by atoms with van der Waals surface area (Å²) in [5.74, 6) is 1.18. The Morgan fingerprint density at radius 3 is 2.12 bits per heavy atom. The Balaban J connectivity index is 2.32. The molecule has 0 heterocycles. The molecule has 0 N–H and O–H groups in total. The van der Waals surface area contributed by atoms with Gasteiger partial charge in [0.1, 0.15) is 0 Å². The summed E-state index contributed by atoms with van der Waals surface area (Å²) in [6, 6.07) is 9.73. The van der Waals surface area contributed by atoms with Crippen LogP contribution < -0.4 is 9.47 Å². The highest BCUT2D eigenvalue weighted by Crippen LogP contribution is 2.31. The maximum atomic E-state index is 12.7. The number of nitrogens with zero attached hydrogens (tertiary/aromatic N) is 1. The molecule has 130 valence electrons. The topological polar surface area (TPSA) is 55.8 Å². The van der Waals surface area contributed by atoms with Gasteiger partial charge in [0.15, 0.2) is 11.5 Å². The lowest BCUT2D eigenvalue weighted by Gasteiger charge is -2.20. The second-order valence-electron chi connectivity index (χ2n) is 5.35. The van der Waals surface area contributed by atoms with Crippen molar-refractivity contribution in [1.82, 2.24) is 4.31 Å². The summed E-state index contributed by atoms with van der Waals surface area (Å²) in [5, 5.41) is 0.493. The van der Waals surface area contributed by atoms with Crippen LogP contribution in [0, 0.1) is 6.92 Å². The first-order valence-electron chi connectivity index (χ1n) is 7.23. The maximum absolute atomic E-state index is 12.7. The molecule has 2 aromatic rings. The van der Waals surface area contributed by atoms with E-state index in [1.165, 1.54) is 16.4 Å². The minimum absolute atomic E-state index is 0.201. The van der Waals surface area contributed by atoms with Crippen molar-refractivity contribution in [2.75, 3.05) is 21.3 Å². The normalized spacial score (nSPS) is 11.6. The Morgan fingerprint density at radius 1 is 1.04 bits per heavy atom. The highest BCUT2D eigenvalue weighted by Gasteiger charge is 2.22. The van der Waals surface area contributed by atoms with E-state index in [1.807, 2.05) is 13.0 Å². The van der Waals surface area contributed by atoms with E-state index >= 15 is 0 Å². The monoisotopic (exact) mass is 369 g/mol. The second-order valence-corrected chi connectivity index (χ2v) is 7.83. The fourth-order valence-electron chi connectivity index (χ4n) is 2.30. The second kappa shape index (κ2) is 7.42. The van der Waals surface area contributed by atoms with Crippen molar-refractivity contribution < 1.29 is 17.9 Å². The van der Waals surface area contributed by atoms with Crippen LogP contribution in [0.3, 0.4) is 0 Å². The van der Waals surface area contributed by atoms with Crippen molar-refractivity contribution in [2.45, 2.75) is 18.4 Å². The van der Waals surface area contributed by atoms with Gasteiger partial charge in [0.25, 0.3) is 0 Å². The highest BCUT2D eigenvalue weighted by molar-refractivity contribution is 7.89. The van der Waals surface area contributed by atoms with Crippen molar-refractivity contribution in [3.8, 4) is 11.5 Å². The van der Waals surface area contributed by atoms with Gasteiger partial charge in [-0.05, 0) is 54.4 Å². The lowest BCUT2D eigenvalue weighted by atomic mass is 10.1. The van der Waals surface area contributed by atoms with Crippen LogP contribution in [0.4, 0.5) is 0 Å². The molecule has 0 fully saturated rings. The van der Waals surface area contributed by atoms with E-state index in [9.17, 15) is 8.42 Å². The molecule has 0 unspecified atom stereocenters.